The molecule has 0 amide bonds. The number of aliphatic carboxylic acids is 1. The molecule has 1 atom stereocenters. The van der Waals surface area contributed by atoms with Crippen LogP contribution in [-0.2, 0) is 10.2 Å². The minimum Gasteiger partial charge on any atom is -0.480 e. The van der Waals surface area contributed by atoms with Crippen LogP contribution in [0.4, 0.5) is 0 Å². The van der Waals surface area contributed by atoms with E-state index < -0.39 is 17.4 Å². The van der Waals surface area contributed by atoms with Crippen molar-refractivity contribution < 1.29 is 9.90 Å². The lowest BCUT2D eigenvalue weighted by molar-refractivity contribution is -0.136. The molecule has 3 aromatic rings. The highest BCUT2D eigenvalue weighted by molar-refractivity contribution is 7.80. The molecule has 136 valence electrons. The Bertz CT molecular complexity index is 814. The van der Waals surface area contributed by atoms with Crippen molar-refractivity contribution >= 4 is 23.1 Å². The van der Waals surface area contributed by atoms with E-state index in [1.165, 1.54) is 0 Å². The fourth-order valence-corrected chi connectivity index (χ4v) is 3.80. The second kappa shape index (κ2) is 8.25. The summed E-state index contributed by atoms with van der Waals surface area (Å²) in [5.74, 6) is -1.11. The molecule has 1 unspecified atom stereocenters. The Morgan fingerprint density at radius 3 is 1.44 bits per heavy atom. The summed E-state index contributed by atoms with van der Waals surface area (Å²) in [5, 5.41) is 9.35. The predicted molar refractivity (Wildman–Crippen MR) is 112 cm³/mol. The third-order valence-corrected chi connectivity index (χ3v) is 5.25. The molecule has 0 saturated heterocycles. The van der Waals surface area contributed by atoms with E-state index >= 15 is 0 Å². The van der Waals surface area contributed by atoms with E-state index in [0.717, 1.165) is 16.7 Å². The molecule has 3 rings (SSSR count). The first-order valence-electron chi connectivity index (χ1n) is 8.73. The van der Waals surface area contributed by atoms with Crippen molar-refractivity contribution in [3.8, 4) is 0 Å². The number of nitrogens with two attached hydrogens (primary N) is 1. The van der Waals surface area contributed by atoms with Gasteiger partial charge in [-0.05, 0) is 23.1 Å². The first kappa shape index (κ1) is 19.0. The minimum atomic E-state index is -1.18. The van der Waals surface area contributed by atoms with Crippen LogP contribution in [-0.4, -0.2) is 22.0 Å². The lowest BCUT2D eigenvalue weighted by Gasteiger charge is -2.37. The molecule has 0 aliphatic carbocycles. The molecule has 0 bridgehead atoms. The zero-order valence-electron chi connectivity index (χ0n) is 14.8. The van der Waals surface area contributed by atoms with Crippen LogP contribution in [0.25, 0.3) is 0 Å². The Morgan fingerprint density at radius 2 is 1.15 bits per heavy atom. The number of carboxylic acid groups (broad SMARTS) is 1. The molecule has 0 aromatic heterocycles. The summed E-state index contributed by atoms with van der Waals surface area (Å²) in [7, 11) is 0. The fraction of sp³-hybridized carbons (Fsp3) is 0.130. The van der Waals surface area contributed by atoms with Gasteiger partial charge < -0.3 is 10.8 Å². The third kappa shape index (κ3) is 3.82. The summed E-state index contributed by atoms with van der Waals surface area (Å²) in [6.07, 6.45) is 0.327. The van der Waals surface area contributed by atoms with Crippen LogP contribution in [0.5, 0.6) is 0 Å². The van der Waals surface area contributed by atoms with Crippen LogP contribution in [0, 0.1) is 0 Å². The number of carboxylic acids is 1. The molecule has 3 aromatic carbocycles. The number of hydrogen-bond acceptors (Lipinski definition) is 3. The molecule has 4 heteroatoms. The van der Waals surface area contributed by atoms with Gasteiger partial charge in [0.2, 0.25) is 0 Å². The molecule has 27 heavy (non-hydrogen) atoms. The van der Waals surface area contributed by atoms with Gasteiger partial charge in [0.05, 0.1) is 0 Å². The van der Waals surface area contributed by atoms with Crippen molar-refractivity contribution in [3.05, 3.63) is 108 Å². The van der Waals surface area contributed by atoms with Crippen LogP contribution in [0.1, 0.15) is 23.1 Å². The van der Waals surface area contributed by atoms with Gasteiger partial charge in [-0.1, -0.05) is 103 Å². The Morgan fingerprint density at radius 1 is 0.815 bits per heavy atom. The van der Waals surface area contributed by atoms with Gasteiger partial charge in [-0.15, -0.1) is 0 Å². The van der Waals surface area contributed by atoms with Gasteiger partial charge in [-0.3, -0.25) is 4.79 Å². The average molecular weight is 375 g/mol. The van der Waals surface area contributed by atoms with Crippen molar-refractivity contribution in [3.63, 3.8) is 0 Å². The van der Waals surface area contributed by atoms with Crippen molar-refractivity contribution in [1.82, 2.24) is 0 Å². The molecule has 0 saturated carbocycles. The van der Waals surface area contributed by atoms with Gasteiger partial charge in [-0.2, -0.15) is 0 Å². The van der Waals surface area contributed by atoms with Crippen LogP contribution in [0.3, 0.4) is 0 Å². The van der Waals surface area contributed by atoms with Gasteiger partial charge in [-0.25, -0.2) is 0 Å². The second-order valence-electron chi connectivity index (χ2n) is 6.46. The lowest BCUT2D eigenvalue weighted by atomic mass is 9.66. The first-order valence-corrected chi connectivity index (χ1v) is 9.14. The standard InChI is InChI=1S/C23H21NO2S/c24-21(22(25)26)20(27)16-23(17-10-4-1-5-11-17,18-12-6-2-7-13-18)19-14-8-3-9-15-19/h1-15,21H,16,24H2,(H,25,26). The summed E-state index contributed by atoms with van der Waals surface area (Å²) >= 11 is 5.50. The van der Waals surface area contributed by atoms with E-state index in [1.54, 1.807) is 0 Å². The van der Waals surface area contributed by atoms with Gasteiger partial charge in [0.15, 0.2) is 0 Å². The van der Waals surface area contributed by atoms with E-state index in [0.29, 0.717) is 11.3 Å². The van der Waals surface area contributed by atoms with E-state index in [4.69, 9.17) is 18.0 Å². The predicted octanol–water partition coefficient (Wildman–Crippen LogP) is 4.19. The minimum absolute atomic E-state index is 0.319. The zero-order valence-corrected chi connectivity index (χ0v) is 15.6. The summed E-state index contributed by atoms with van der Waals surface area (Å²) in [6, 6.07) is 28.9. The van der Waals surface area contributed by atoms with Gasteiger partial charge in [0.1, 0.15) is 6.04 Å². The van der Waals surface area contributed by atoms with E-state index in [-0.39, 0.29) is 0 Å². The quantitative estimate of drug-likeness (QED) is 0.480. The molecule has 0 radical (unpaired) electrons. The Balaban J connectivity index is 2.26. The SMILES string of the molecule is NC(C(=O)O)C(=S)CC(c1ccccc1)(c1ccccc1)c1ccccc1. The van der Waals surface area contributed by atoms with Crippen LogP contribution < -0.4 is 5.73 Å². The molecule has 0 fully saturated rings. The van der Waals surface area contributed by atoms with Gasteiger partial charge in [0, 0.05) is 10.3 Å². The number of rotatable bonds is 7. The highest BCUT2D eigenvalue weighted by Crippen LogP contribution is 2.42. The van der Waals surface area contributed by atoms with Gasteiger partial charge >= 0.3 is 5.97 Å². The average Bonchev–Trinajstić information content (AvgIpc) is 2.73. The summed E-state index contributed by atoms with van der Waals surface area (Å²) in [6.45, 7) is 0. The number of carbonyl (C=O) groups is 1. The van der Waals surface area contributed by atoms with Crippen molar-refractivity contribution in [2.75, 3.05) is 0 Å². The third-order valence-electron chi connectivity index (χ3n) is 4.85. The summed E-state index contributed by atoms with van der Waals surface area (Å²) < 4.78 is 0. The van der Waals surface area contributed by atoms with Crippen molar-refractivity contribution in [1.29, 1.82) is 0 Å². The van der Waals surface area contributed by atoms with Crippen molar-refractivity contribution in [2.24, 2.45) is 5.73 Å². The maximum absolute atomic E-state index is 11.4. The smallest absolute Gasteiger partial charge is 0.325 e. The Kier molecular flexibility index (Phi) is 5.79. The highest BCUT2D eigenvalue weighted by Gasteiger charge is 2.38. The van der Waals surface area contributed by atoms with Crippen molar-refractivity contribution in [2.45, 2.75) is 17.9 Å². The summed E-state index contributed by atoms with van der Waals surface area (Å²) in [5.41, 5.74) is 8.38. The van der Waals surface area contributed by atoms with Crippen LogP contribution >= 0.6 is 12.2 Å². The Hall–Kier alpha value is -2.82. The highest BCUT2D eigenvalue weighted by atomic mass is 32.1. The molecule has 0 aliphatic heterocycles. The van der Waals surface area contributed by atoms with E-state index in [1.807, 2.05) is 54.6 Å². The molecular weight excluding hydrogens is 354 g/mol. The van der Waals surface area contributed by atoms with Gasteiger partial charge in [0.25, 0.3) is 0 Å². The second-order valence-corrected chi connectivity index (χ2v) is 6.99. The topological polar surface area (TPSA) is 63.3 Å². The normalized spacial score (nSPS) is 12.3. The largest absolute Gasteiger partial charge is 0.480 e. The fourth-order valence-electron chi connectivity index (χ4n) is 3.48. The maximum Gasteiger partial charge on any atom is 0.325 e. The molecule has 3 N–H and O–H groups in total. The number of thiocarbonyl (C=S) groups is 1. The zero-order chi connectivity index (χ0) is 19.3. The molecule has 3 nitrogen and oxygen atoms in total. The molecular formula is C23H21NO2S. The molecule has 0 aliphatic rings. The lowest BCUT2D eigenvalue weighted by Crippen LogP contribution is -2.42. The van der Waals surface area contributed by atoms with Crippen LogP contribution in [0.15, 0.2) is 91.0 Å². The van der Waals surface area contributed by atoms with E-state index in [2.05, 4.69) is 36.4 Å². The monoisotopic (exact) mass is 375 g/mol. The van der Waals surface area contributed by atoms with E-state index in [9.17, 15) is 9.90 Å². The summed E-state index contributed by atoms with van der Waals surface area (Å²) in [4.78, 5) is 11.7. The number of benzene rings is 3. The first-order chi connectivity index (χ1) is 13.1. The van der Waals surface area contributed by atoms with Crippen LogP contribution in [0.2, 0.25) is 0 Å². The molecule has 0 heterocycles. The Labute approximate surface area is 164 Å². The maximum atomic E-state index is 11.4. The number of hydrogen-bond donors (Lipinski definition) is 2. The molecule has 0 spiro atoms.